The van der Waals surface area contributed by atoms with E-state index in [2.05, 4.69) is 49.7 Å². The Bertz CT molecular complexity index is 324. The number of piperazine rings is 1. The minimum atomic E-state index is 0.258. The van der Waals surface area contributed by atoms with Crippen LogP contribution in [0.4, 0.5) is 0 Å². The third-order valence-electron chi connectivity index (χ3n) is 5.47. The van der Waals surface area contributed by atoms with E-state index in [9.17, 15) is 0 Å². The minimum Gasteiger partial charge on any atom is -0.379 e. The quantitative estimate of drug-likeness (QED) is 0.839. The lowest BCUT2D eigenvalue weighted by Gasteiger charge is -2.48. The summed E-state index contributed by atoms with van der Waals surface area (Å²) in [6.07, 6.45) is 2.50. The van der Waals surface area contributed by atoms with E-state index in [4.69, 9.17) is 4.74 Å². The number of hydrogen-bond donors (Lipinski definition) is 1. The Morgan fingerprint density at radius 1 is 1.00 bits per heavy atom. The van der Waals surface area contributed by atoms with E-state index in [-0.39, 0.29) is 5.54 Å². The number of rotatable bonds is 5. The van der Waals surface area contributed by atoms with Gasteiger partial charge in [0.15, 0.2) is 0 Å². The number of nitrogens with zero attached hydrogens (tertiary/aromatic N) is 2. The Balaban J connectivity index is 1.90. The molecule has 0 bridgehead atoms. The average molecular weight is 297 g/mol. The molecule has 1 N–H and O–H groups in total. The monoisotopic (exact) mass is 297 g/mol. The maximum absolute atomic E-state index is 5.59. The summed E-state index contributed by atoms with van der Waals surface area (Å²) in [6.45, 7) is 19.4. The lowest BCUT2D eigenvalue weighted by molar-refractivity contribution is -0.0547. The molecular formula is C17H35N3O. The molecule has 0 spiro atoms. The normalized spacial score (nSPS) is 27.0. The van der Waals surface area contributed by atoms with Gasteiger partial charge >= 0.3 is 0 Å². The molecule has 2 saturated heterocycles. The summed E-state index contributed by atoms with van der Waals surface area (Å²) in [7, 11) is 0. The van der Waals surface area contributed by atoms with Crippen molar-refractivity contribution in [1.29, 1.82) is 0 Å². The highest BCUT2D eigenvalue weighted by Gasteiger charge is 2.35. The van der Waals surface area contributed by atoms with Gasteiger partial charge in [-0.3, -0.25) is 9.80 Å². The average Bonchev–Trinajstić information content (AvgIpc) is 2.47. The van der Waals surface area contributed by atoms with E-state index in [1.165, 1.54) is 25.9 Å². The summed E-state index contributed by atoms with van der Waals surface area (Å²) in [5.74, 6) is 0. The summed E-state index contributed by atoms with van der Waals surface area (Å²) in [5, 5.41) is 3.45. The molecule has 2 aliphatic rings. The molecule has 0 aromatic rings. The number of morpholine rings is 1. The Kier molecular flexibility index (Phi) is 5.69. The summed E-state index contributed by atoms with van der Waals surface area (Å²) in [4.78, 5) is 5.30. The van der Waals surface area contributed by atoms with Gasteiger partial charge in [-0.15, -0.1) is 0 Å². The first-order valence-corrected chi connectivity index (χ1v) is 8.63. The van der Waals surface area contributed by atoms with Crippen LogP contribution >= 0.6 is 0 Å². The highest BCUT2D eigenvalue weighted by Crippen LogP contribution is 2.30. The summed E-state index contributed by atoms with van der Waals surface area (Å²) >= 11 is 0. The molecule has 0 aliphatic carbocycles. The van der Waals surface area contributed by atoms with Crippen LogP contribution in [0.5, 0.6) is 0 Å². The fraction of sp³-hybridized carbons (Fsp3) is 1.00. The van der Waals surface area contributed by atoms with Crippen LogP contribution in [0.1, 0.15) is 47.5 Å². The summed E-state index contributed by atoms with van der Waals surface area (Å²) < 4.78 is 5.59. The van der Waals surface area contributed by atoms with Crippen LogP contribution < -0.4 is 5.32 Å². The highest BCUT2D eigenvalue weighted by atomic mass is 16.5. The van der Waals surface area contributed by atoms with E-state index in [0.29, 0.717) is 11.6 Å². The zero-order valence-corrected chi connectivity index (χ0v) is 14.7. The molecular weight excluding hydrogens is 262 g/mol. The first-order chi connectivity index (χ1) is 9.83. The molecule has 0 saturated carbocycles. The number of ether oxygens (including phenoxy) is 1. The van der Waals surface area contributed by atoms with Crippen molar-refractivity contribution in [1.82, 2.24) is 15.1 Å². The predicted octanol–water partition coefficient (Wildman–Crippen LogP) is 1.95. The highest BCUT2D eigenvalue weighted by molar-refractivity contribution is 4.92. The topological polar surface area (TPSA) is 27.7 Å². The van der Waals surface area contributed by atoms with E-state index >= 15 is 0 Å². The molecule has 2 fully saturated rings. The molecule has 2 aliphatic heterocycles. The molecule has 2 heterocycles. The standard InChI is InChI=1S/C17H35N3O/c1-15-14-21-13-12-20(15)17(4,5)7-6-16(2,3)19-10-8-18-9-11-19/h15,18H,6-14H2,1-5H3. The Morgan fingerprint density at radius 2 is 1.62 bits per heavy atom. The largest absolute Gasteiger partial charge is 0.379 e. The molecule has 21 heavy (non-hydrogen) atoms. The Labute approximate surface area is 131 Å². The fourth-order valence-electron chi connectivity index (χ4n) is 3.81. The van der Waals surface area contributed by atoms with Gasteiger partial charge in [-0.1, -0.05) is 0 Å². The lowest BCUT2D eigenvalue weighted by Crippen LogP contribution is -2.57. The molecule has 1 atom stereocenters. The first-order valence-electron chi connectivity index (χ1n) is 8.63. The smallest absolute Gasteiger partial charge is 0.0620 e. The van der Waals surface area contributed by atoms with Crippen molar-refractivity contribution in [2.45, 2.75) is 64.6 Å². The molecule has 0 radical (unpaired) electrons. The summed E-state index contributed by atoms with van der Waals surface area (Å²) in [6, 6.07) is 0.538. The third-order valence-corrected chi connectivity index (χ3v) is 5.47. The van der Waals surface area contributed by atoms with Gasteiger partial charge < -0.3 is 10.1 Å². The molecule has 124 valence electrons. The SMILES string of the molecule is CC1COCCN1C(C)(C)CCC(C)(C)N1CCNCC1. The number of hydrogen-bond acceptors (Lipinski definition) is 4. The van der Waals surface area contributed by atoms with E-state index in [1.54, 1.807) is 0 Å². The Hall–Kier alpha value is -0.160. The van der Waals surface area contributed by atoms with Gasteiger partial charge in [-0.25, -0.2) is 0 Å². The number of nitrogens with one attached hydrogen (secondary N) is 1. The van der Waals surface area contributed by atoms with Crippen molar-refractivity contribution >= 4 is 0 Å². The molecule has 1 unspecified atom stereocenters. The second-order valence-corrected chi connectivity index (χ2v) is 7.98. The maximum atomic E-state index is 5.59. The molecule has 0 aromatic heterocycles. The first kappa shape index (κ1) is 17.2. The van der Waals surface area contributed by atoms with Crippen molar-refractivity contribution in [2.75, 3.05) is 45.9 Å². The van der Waals surface area contributed by atoms with Crippen LogP contribution in [-0.4, -0.2) is 72.9 Å². The molecule has 0 amide bonds. The molecule has 4 heteroatoms. The van der Waals surface area contributed by atoms with Crippen LogP contribution in [0.25, 0.3) is 0 Å². The van der Waals surface area contributed by atoms with Gasteiger partial charge in [-0.2, -0.15) is 0 Å². The van der Waals surface area contributed by atoms with Crippen LogP contribution in [0, 0.1) is 0 Å². The molecule has 2 rings (SSSR count). The third kappa shape index (κ3) is 4.41. The second kappa shape index (κ2) is 6.95. The van der Waals surface area contributed by atoms with Gasteiger partial charge in [0.2, 0.25) is 0 Å². The van der Waals surface area contributed by atoms with E-state index < -0.39 is 0 Å². The van der Waals surface area contributed by atoms with Crippen molar-refractivity contribution < 1.29 is 4.74 Å². The lowest BCUT2D eigenvalue weighted by atomic mass is 9.86. The Morgan fingerprint density at radius 3 is 2.24 bits per heavy atom. The van der Waals surface area contributed by atoms with E-state index in [0.717, 1.165) is 32.8 Å². The summed E-state index contributed by atoms with van der Waals surface area (Å²) in [5.41, 5.74) is 0.559. The van der Waals surface area contributed by atoms with Crippen LogP contribution in [-0.2, 0) is 4.74 Å². The zero-order chi connectivity index (χ0) is 15.5. The van der Waals surface area contributed by atoms with Crippen molar-refractivity contribution in [3.63, 3.8) is 0 Å². The molecule has 0 aromatic carbocycles. The zero-order valence-electron chi connectivity index (χ0n) is 14.7. The predicted molar refractivity (Wildman–Crippen MR) is 88.8 cm³/mol. The van der Waals surface area contributed by atoms with Crippen molar-refractivity contribution in [2.24, 2.45) is 0 Å². The van der Waals surface area contributed by atoms with Gasteiger partial charge in [0.1, 0.15) is 0 Å². The second-order valence-electron chi connectivity index (χ2n) is 7.98. The van der Waals surface area contributed by atoms with Crippen LogP contribution in [0.3, 0.4) is 0 Å². The van der Waals surface area contributed by atoms with Gasteiger partial charge in [-0.05, 0) is 47.5 Å². The fourth-order valence-corrected chi connectivity index (χ4v) is 3.81. The van der Waals surface area contributed by atoms with Gasteiger partial charge in [0.25, 0.3) is 0 Å². The van der Waals surface area contributed by atoms with Crippen LogP contribution in [0.2, 0.25) is 0 Å². The van der Waals surface area contributed by atoms with Crippen molar-refractivity contribution in [3.8, 4) is 0 Å². The van der Waals surface area contributed by atoms with E-state index in [1.807, 2.05) is 0 Å². The minimum absolute atomic E-state index is 0.258. The molecule has 4 nitrogen and oxygen atoms in total. The van der Waals surface area contributed by atoms with Crippen molar-refractivity contribution in [3.05, 3.63) is 0 Å². The maximum Gasteiger partial charge on any atom is 0.0620 e. The van der Waals surface area contributed by atoms with Gasteiger partial charge in [0.05, 0.1) is 13.2 Å². The van der Waals surface area contributed by atoms with Crippen LogP contribution in [0.15, 0.2) is 0 Å². The van der Waals surface area contributed by atoms with Gasteiger partial charge in [0, 0.05) is 49.8 Å².